The molecule has 0 spiro atoms. The summed E-state index contributed by atoms with van der Waals surface area (Å²) in [5.74, 6) is 0.483. The summed E-state index contributed by atoms with van der Waals surface area (Å²) < 4.78 is 0. The fourth-order valence-corrected chi connectivity index (χ4v) is 3.92. The highest BCUT2D eigenvalue weighted by Crippen LogP contribution is 2.23. The predicted octanol–water partition coefficient (Wildman–Crippen LogP) is 4.61. The molecule has 0 unspecified atom stereocenters. The molecule has 0 bridgehead atoms. The molecule has 1 heterocycles. The van der Waals surface area contributed by atoms with Crippen LogP contribution in [0.15, 0.2) is 76.9 Å². The van der Waals surface area contributed by atoms with Crippen LogP contribution in [0.1, 0.15) is 16.7 Å². The SMILES string of the molecule is Cc1ccccc1CN1C(=O)CSC1=NN=Cc1cccc2ccccc12. The van der Waals surface area contributed by atoms with Gasteiger partial charge in [-0.1, -0.05) is 78.5 Å². The van der Waals surface area contributed by atoms with Crippen molar-refractivity contribution in [1.29, 1.82) is 0 Å². The van der Waals surface area contributed by atoms with E-state index in [0.29, 0.717) is 17.5 Å². The first-order valence-corrected chi connectivity index (χ1v) is 9.77. The van der Waals surface area contributed by atoms with Gasteiger partial charge in [-0.25, -0.2) is 0 Å². The van der Waals surface area contributed by atoms with Gasteiger partial charge in [0, 0.05) is 5.56 Å². The Morgan fingerprint density at radius 3 is 2.70 bits per heavy atom. The second-order valence-electron chi connectivity index (χ2n) is 6.39. The average molecular weight is 373 g/mol. The lowest BCUT2D eigenvalue weighted by Crippen LogP contribution is -2.29. The van der Waals surface area contributed by atoms with Crippen molar-refractivity contribution in [3.05, 3.63) is 83.4 Å². The van der Waals surface area contributed by atoms with Crippen LogP contribution in [0.25, 0.3) is 10.8 Å². The van der Waals surface area contributed by atoms with Gasteiger partial charge in [-0.2, -0.15) is 5.10 Å². The van der Waals surface area contributed by atoms with E-state index < -0.39 is 0 Å². The zero-order valence-electron chi connectivity index (χ0n) is 15.0. The highest BCUT2D eigenvalue weighted by atomic mass is 32.2. The van der Waals surface area contributed by atoms with Crippen molar-refractivity contribution in [2.75, 3.05) is 5.75 Å². The molecule has 0 atom stereocenters. The molecule has 1 fully saturated rings. The molecule has 4 nitrogen and oxygen atoms in total. The fraction of sp³-hybridized carbons (Fsp3) is 0.136. The number of hydrogen-bond acceptors (Lipinski definition) is 4. The molecule has 1 saturated heterocycles. The van der Waals surface area contributed by atoms with Gasteiger partial charge in [0.1, 0.15) is 0 Å². The summed E-state index contributed by atoms with van der Waals surface area (Å²) in [5, 5.41) is 11.6. The molecule has 1 aliphatic heterocycles. The summed E-state index contributed by atoms with van der Waals surface area (Å²) in [6.45, 7) is 2.58. The highest BCUT2D eigenvalue weighted by Gasteiger charge is 2.28. The Balaban J connectivity index is 1.58. The van der Waals surface area contributed by atoms with Crippen LogP contribution in [0.4, 0.5) is 0 Å². The van der Waals surface area contributed by atoms with Gasteiger partial charge < -0.3 is 0 Å². The van der Waals surface area contributed by atoms with Crippen molar-refractivity contribution in [3.63, 3.8) is 0 Å². The van der Waals surface area contributed by atoms with E-state index in [9.17, 15) is 4.79 Å². The van der Waals surface area contributed by atoms with Crippen LogP contribution in [0.3, 0.4) is 0 Å². The van der Waals surface area contributed by atoms with Crippen LogP contribution in [0.2, 0.25) is 0 Å². The number of nitrogens with zero attached hydrogens (tertiary/aromatic N) is 3. The molecule has 3 aromatic rings. The Morgan fingerprint density at radius 1 is 1.04 bits per heavy atom. The zero-order valence-corrected chi connectivity index (χ0v) is 15.8. The number of rotatable bonds is 4. The standard InChI is InChI=1S/C22H19N3OS/c1-16-7-2-3-9-19(16)14-25-21(26)15-27-22(25)24-23-13-18-11-6-10-17-8-4-5-12-20(17)18/h2-13H,14-15H2,1H3. The van der Waals surface area contributed by atoms with E-state index in [1.807, 2.05) is 42.5 Å². The van der Waals surface area contributed by atoms with E-state index in [-0.39, 0.29) is 5.91 Å². The molecule has 4 rings (SSSR count). The smallest absolute Gasteiger partial charge is 0.239 e. The molecule has 1 aliphatic rings. The van der Waals surface area contributed by atoms with Gasteiger partial charge in [0.15, 0.2) is 5.17 Å². The molecule has 134 valence electrons. The molecule has 0 radical (unpaired) electrons. The third-order valence-electron chi connectivity index (χ3n) is 4.61. The van der Waals surface area contributed by atoms with E-state index in [4.69, 9.17) is 0 Å². The lowest BCUT2D eigenvalue weighted by Gasteiger charge is -2.16. The van der Waals surface area contributed by atoms with E-state index >= 15 is 0 Å². The number of amidine groups is 1. The molecule has 3 aromatic carbocycles. The minimum atomic E-state index is 0.0716. The normalized spacial score (nSPS) is 16.1. The summed E-state index contributed by atoms with van der Waals surface area (Å²) >= 11 is 1.44. The third-order valence-corrected chi connectivity index (χ3v) is 5.56. The Bertz CT molecular complexity index is 1050. The van der Waals surface area contributed by atoms with Crippen LogP contribution < -0.4 is 0 Å². The summed E-state index contributed by atoms with van der Waals surface area (Å²) in [4.78, 5) is 14.0. The second kappa shape index (κ2) is 7.76. The van der Waals surface area contributed by atoms with Crippen LogP contribution in [-0.2, 0) is 11.3 Å². The van der Waals surface area contributed by atoms with E-state index in [0.717, 1.165) is 16.5 Å². The second-order valence-corrected chi connectivity index (χ2v) is 7.33. The molecule has 0 aromatic heterocycles. The molecule has 5 heteroatoms. The number of thioether (sulfide) groups is 1. The van der Waals surface area contributed by atoms with Gasteiger partial charge in [-0.3, -0.25) is 9.69 Å². The van der Waals surface area contributed by atoms with Crippen molar-refractivity contribution in [2.24, 2.45) is 10.2 Å². The first-order valence-electron chi connectivity index (χ1n) is 8.79. The van der Waals surface area contributed by atoms with Crippen LogP contribution in [0.5, 0.6) is 0 Å². The van der Waals surface area contributed by atoms with Gasteiger partial charge in [0.2, 0.25) is 5.91 Å². The largest absolute Gasteiger partial charge is 0.285 e. The van der Waals surface area contributed by atoms with Gasteiger partial charge in [0.05, 0.1) is 18.5 Å². The number of fused-ring (bicyclic) bond motifs is 1. The number of amides is 1. The van der Waals surface area contributed by atoms with Gasteiger partial charge in [-0.05, 0) is 28.8 Å². The predicted molar refractivity (Wildman–Crippen MR) is 113 cm³/mol. The van der Waals surface area contributed by atoms with Gasteiger partial charge in [0.25, 0.3) is 0 Å². The molecule has 0 N–H and O–H groups in total. The number of aryl methyl sites for hydroxylation is 1. The Kier molecular flexibility index (Phi) is 5.03. The fourth-order valence-electron chi connectivity index (χ4n) is 3.09. The average Bonchev–Trinajstić information content (AvgIpc) is 3.03. The zero-order chi connectivity index (χ0) is 18.6. The minimum absolute atomic E-state index is 0.0716. The molecule has 0 saturated carbocycles. The van der Waals surface area contributed by atoms with Gasteiger partial charge in [-0.15, -0.1) is 5.10 Å². The van der Waals surface area contributed by atoms with Crippen LogP contribution in [0, 0.1) is 6.92 Å². The molecule has 27 heavy (non-hydrogen) atoms. The van der Waals surface area contributed by atoms with E-state index in [1.165, 1.54) is 22.7 Å². The Morgan fingerprint density at radius 2 is 1.81 bits per heavy atom. The molecular formula is C22H19N3OS. The third kappa shape index (κ3) is 3.78. The number of benzene rings is 3. The first-order chi connectivity index (χ1) is 13.2. The molecular weight excluding hydrogens is 354 g/mol. The van der Waals surface area contributed by atoms with E-state index in [1.54, 1.807) is 11.1 Å². The maximum Gasteiger partial charge on any atom is 0.239 e. The quantitative estimate of drug-likeness (QED) is 0.495. The number of hydrogen-bond donors (Lipinski definition) is 0. The highest BCUT2D eigenvalue weighted by molar-refractivity contribution is 8.15. The Hall–Kier alpha value is -2.92. The van der Waals surface area contributed by atoms with Crippen molar-refractivity contribution >= 4 is 39.8 Å². The van der Waals surface area contributed by atoms with Crippen molar-refractivity contribution in [1.82, 2.24) is 4.90 Å². The maximum absolute atomic E-state index is 12.3. The van der Waals surface area contributed by atoms with E-state index in [2.05, 4.69) is 41.4 Å². The summed E-state index contributed by atoms with van der Waals surface area (Å²) in [6, 6.07) is 22.4. The Labute approximate surface area is 162 Å². The van der Waals surface area contributed by atoms with Crippen LogP contribution in [-0.4, -0.2) is 27.9 Å². The summed E-state index contributed by atoms with van der Waals surface area (Å²) in [5.41, 5.74) is 3.30. The minimum Gasteiger partial charge on any atom is -0.285 e. The van der Waals surface area contributed by atoms with Crippen molar-refractivity contribution < 1.29 is 4.79 Å². The molecule has 0 aliphatic carbocycles. The maximum atomic E-state index is 12.3. The summed E-state index contributed by atoms with van der Waals surface area (Å²) in [6.07, 6.45) is 1.75. The van der Waals surface area contributed by atoms with Crippen molar-refractivity contribution in [3.8, 4) is 0 Å². The lowest BCUT2D eigenvalue weighted by molar-refractivity contribution is -0.124. The monoisotopic (exact) mass is 373 g/mol. The number of carbonyl (C=O) groups is 1. The lowest BCUT2D eigenvalue weighted by atomic mass is 10.1. The first kappa shape index (κ1) is 17.5. The molecule has 1 amide bonds. The van der Waals surface area contributed by atoms with Crippen molar-refractivity contribution in [2.45, 2.75) is 13.5 Å². The summed E-state index contributed by atoms with van der Waals surface area (Å²) in [7, 11) is 0. The van der Waals surface area contributed by atoms with Gasteiger partial charge >= 0.3 is 0 Å². The number of carbonyl (C=O) groups excluding carboxylic acids is 1. The topological polar surface area (TPSA) is 45.0 Å². The van der Waals surface area contributed by atoms with Crippen LogP contribution >= 0.6 is 11.8 Å².